The Labute approximate surface area is 171 Å². The maximum Gasteiger partial charge on any atom is 0.286 e. The number of nitrogens with zero attached hydrogens (tertiary/aromatic N) is 3. The van der Waals surface area contributed by atoms with Gasteiger partial charge in [-0.25, -0.2) is 0 Å². The van der Waals surface area contributed by atoms with Gasteiger partial charge in [0.2, 0.25) is 0 Å². The molecule has 0 N–H and O–H groups in total. The maximum atomic E-state index is 12.3. The van der Waals surface area contributed by atoms with Crippen molar-refractivity contribution < 1.29 is 14.5 Å². The van der Waals surface area contributed by atoms with Gasteiger partial charge in [0.05, 0.1) is 21.7 Å². The molecule has 0 radical (unpaired) electrons. The van der Waals surface area contributed by atoms with Gasteiger partial charge in [-0.3, -0.25) is 14.9 Å². The number of non-ortho nitro benzene ring substituents is 1. The zero-order valence-corrected chi connectivity index (χ0v) is 16.8. The number of nitro groups is 1. The lowest BCUT2D eigenvalue weighted by molar-refractivity contribution is -0.384. The number of carbonyl (C=O) groups is 1. The predicted octanol–water partition coefficient (Wildman–Crippen LogP) is 3.87. The summed E-state index contributed by atoms with van der Waals surface area (Å²) in [6, 6.07) is 12.0. The second-order valence-corrected chi connectivity index (χ2v) is 7.61. The number of thiazole rings is 1. The van der Waals surface area contributed by atoms with Gasteiger partial charge in [-0.2, -0.15) is 4.99 Å². The van der Waals surface area contributed by atoms with Crippen LogP contribution in [-0.4, -0.2) is 22.0 Å². The van der Waals surface area contributed by atoms with Crippen molar-refractivity contribution >= 4 is 33.1 Å². The molecule has 0 aliphatic carbocycles. The molecule has 3 rings (SSSR count). The van der Waals surface area contributed by atoms with Gasteiger partial charge in [-0.1, -0.05) is 43.2 Å². The third-order valence-corrected chi connectivity index (χ3v) is 5.30. The zero-order valence-electron chi connectivity index (χ0n) is 16.0. The summed E-state index contributed by atoms with van der Waals surface area (Å²) in [5, 5.41) is 11.0. The highest BCUT2D eigenvalue weighted by atomic mass is 32.1. The fourth-order valence-electron chi connectivity index (χ4n) is 2.74. The van der Waals surface area contributed by atoms with Crippen LogP contribution in [0.4, 0.5) is 5.69 Å². The van der Waals surface area contributed by atoms with Crippen molar-refractivity contribution in [3.05, 3.63) is 62.9 Å². The molecule has 8 heteroatoms. The molecule has 0 fully saturated rings. The first-order valence-corrected chi connectivity index (χ1v) is 9.72. The monoisotopic (exact) mass is 409 g/mol. The minimum atomic E-state index is -0.468. The molecule has 148 valence electrons. The summed E-state index contributed by atoms with van der Waals surface area (Å²) in [7, 11) is 0. The van der Waals surface area contributed by atoms with Crippen molar-refractivity contribution in [1.29, 1.82) is 0 Å². The highest BCUT2D eigenvalue weighted by molar-refractivity contribution is 7.16. The van der Waals surface area contributed by atoms with E-state index in [1.54, 1.807) is 10.6 Å². The van der Waals surface area contributed by atoms with Gasteiger partial charge in [-0.15, -0.1) is 6.42 Å². The topological polar surface area (TPSA) is 86.7 Å². The maximum absolute atomic E-state index is 12.3. The first-order valence-electron chi connectivity index (χ1n) is 8.90. The number of ether oxygens (including phenoxy) is 1. The van der Waals surface area contributed by atoms with E-state index in [0.29, 0.717) is 26.7 Å². The van der Waals surface area contributed by atoms with Gasteiger partial charge in [-0.05, 0) is 29.7 Å². The molecule has 0 saturated carbocycles. The van der Waals surface area contributed by atoms with E-state index in [-0.39, 0.29) is 18.8 Å². The van der Waals surface area contributed by atoms with Gasteiger partial charge in [0, 0.05) is 12.1 Å². The SMILES string of the molecule is C#CCn1c(=NC(=O)COc2ccc(C(C)C)cc2)sc2cc([N+](=O)[O-])ccc21. The van der Waals surface area contributed by atoms with Crippen LogP contribution >= 0.6 is 11.3 Å². The molecule has 0 unspecified atom stereocenters. The van der Waals surface area contributed by atoms with Gasteiger partial charge in [0.25, 0.3) is 11.6 Å². The molecule has 2 aromatic carbocycles. The Morgan fingerprint density at radius 3 is 2.66 bits per heavy atom. The summed E-state index contributed by atoms with van der Waals surface area (Å²) in [6.45, 7) is 4.18. The summed E-state index contributed by atoms with van der Waals surface area (Å²) in [4.78, 5) is 27.3. The summed E-state index contributed by atoms with van der Waals surface area (Å²) in [5.74, 6) is 3.05. The fourth-order valence-corrected chi connectivity index (χ4v) is 3.82. The summed E-state index contributed by atoms with van der Waals surface area (Å²) >= 11 is 1.17. The molecule has 0 aliphatic rings. The quantitative estimate of drug-likeness (QED) is 0.351. The second kappa shape index (κ2) is 8.71. The third kappa shape index (κ3) is 4.70. The molecule has 0 atom stereocenters. The van der Waals surface area contributed by atoms with E-state index in [4.69, 9.17) is 11.2 Å². The van der Waals surface area contributed by atoms with Crippen molar-refractivity contribution in [2.24, 2.45) is 4.99 Å². The van der Waals surface area contributed by atoms with Crippen molar-refractivity contribution in [2.45, 2.75) is 26.3 Å². The Kier molecular flexibility index (Phi) is 6.10. The smallest absolute Gasteiger partial charge is 0.286 e. The van der Waals surface area contributed by atoms with E-state index in [1.807, 2.05) is 24.3 Å². The largest absolute Gasteiger partial charge is 0.484 e. The van der Waals surface area contributed by atoms with Crippen molar-refractivity contribution in [1.82, 2.24) is 4.57 Å². The van der Waals surface area contributed by atoms with Crippen LogP contribution < -0.4 is 9.54 Å². The van der Waals surface area contributed by atoms with Gasteiger partial charge in [0.15, 0.2) is 11.4 Å². The number of rotatable bonds is 6. The van der Waals surface area contributed by atoms with E-state index >= 15 is 0 Å². The average molecular weight is 409 g/mol. The molecular weight excluding hydrogens is 390 g/mol. The van der Waals surface area contributed by atoms with Gasteiger partial charge < -0.3 is 9.30 Å². The zero-order chi connectivity index (χ0) is 21.0. The highest BCUT2D eigenvalue weighted by Gasteiger charge is 2.12. The first-order chi connectivity index (χ1) is 13.9. The minimum absolute atomic E-state index is 0.0299. The Bertz CT molecular complexity index is 1170. The Balaban J connectivity index is 1.84. The Morgan fingerprint density at radius 1 is 1.31 bits per heavy atom. The average Bonchev–Trinajstić information content (AvgIpc) is 3.03. The number of amides is 1. The molecule has 0 bridgehead atoms. The lowest BCUT2D eigenvalue weighted by Crippen LogP contribution is -2.19. The molecule has 1 heterocycles. The van der Waals surface area contributed by atoms with Crippen LogP contribution in [0.15, 0.2) is 47.5 Å². The van der Waals surface area contributed by atoms with Crippen LogP contribution in [0.2, 0.25) is 0 Å². The van der Waals surface area contributed by atoms with E-state index in [1.165, 1.54) is 29.0 Å². The van der Waals surface area contributed by atoms with Crippen LogP contribution in [0.25, 0.3) is 10.2 Å². The molecule has 29 heavy (non-hydrogen) atoms. The fraction of sp³-hybridized carbons (Fsp3) is 0.238. The standard InChI is InChI=1S/C21H19N3O4S/c1-4-11-23-18-10-7-16(24(26)27)12-19(18)29-21(23)22-20(25)13-28-17-8-5-15(6-9-17)14(2)3/h1,5-10,12,14H,11,13H2,2-3H3. The summed E-state index contributed by atoms with van der Waals surface area (Å²) < 4.78 is 7.83. The Morgan fingerprint density at radius 2 is 2.03 bits per heavy atom. The predicted molar refractivity (Wildman–Crippen MR) is 112 cm³/mol. The number of hydrogen-bond donors (Lipinski definition) is 0. The normalized spacial score (nSPS) is 11.6. The number of aromatic nitrogens is 1. The lowest BCUT2D eigenvalue weighted by atomic mass is 10.0. The number of nitro benzene ring substituents is 1. The highest BCUT2D eigenvalue weighted by Crippen LogP contribution is 2.23. The van der Waals surface area contributed by atoms with E-state index in [9.17, 15) is 14.9 Å². The molecule has 3 aromatic rings. The van der Waals surface area contributed by atoms with E-state index in [2.05, 4.69) is 24.8 Å². The second-order valence-electron chi connectivity index (χ2n) is 6.60. The van der Waals surface area contributed by atoms with Gasteiger partial charge >= 0.3 is 0 Å². The number of fused-ring (bicyclic) bond motifs is 1. The number of terminal acetylenes is 1. The van der Waals surface area contributed by atoms with Crippen LogP contribution in [-0.2, 0) is 11.3 Å². The molecule has 1 aromatic heterocycles. The molecular formula is C21H19N3O4S. The van der Waals surface area contributed by atoms with Crippen molar-refractivity contribution in [2.75, 3.05) is 6.61 Å². The molecule has 0 saturated heterocycles. The van der Waals surface area contributed by atoms with Crippen LogP contribution in [0.5, 0.6) is 5.75 Å². The van der Waals surface area contributed by atoms with Crippen molar-refractivity contribution in [3.8, 4) is 18.1 Å². The van der Waals surface area contributed by atoms with E-state index in [0.717, 1.165) is 0 Å². The number of benzene rings is 2. The minimum Gasteiger partial charge on any atom is -0.484 e. The molecule has 1 amide bonds. The van der Waals surface area contributed by atoms with E-state index < -0.39 is 10.8 Å². The Hall–Kier alpha value is -3.44. The third-order valence-electron chi connectivity index (χ3n) is 4.26. The van der Waals surface area contributed by atoms with Crippen LogP contribution in [0.3, 0.4) is 0 Å². The number of carbonyl (C=O) groups excluding carboxylic acids is 1. The summed E-state index contributed by atoms with van der Waals surface area (Å²) in [5.41, 5.74) is 1.84. The van der Waals surface area contributed by atoms with Crippen LogP contribution in [0.1, 0.15) is 25.3 Å². The van der Waals surface area contributed by atoms with Gasteiger partial charge in [0.1, 0.15) is 5.75 Å². The molecule has 7 nitrogen and oxygen atoms in total. The first kappa shape index (κ1) is 20.3. The molecule has 0 aliphatic heterocycles. The van der Waals surface area contributed by atoms with Crippen LogP contribution in [0, 0.1) is 22.5 Å². The lowest BCUT2D eigenvalue weighted by Gasteiger charge is -2.07. The summed E-state index contributed by atoms with van der Waals surface area (Å²) in [6.07, 6.45) is 5.43. The molecule has 0 spiro atoms. The number of hydrogen-bond acceptors (Lipinski definition) is 5. The van der Waals surface area contributed by atoms with Crippen molar-refractivity contribution in [3.63, 3.8) is 0 Å².